The summed E-state index contributed by atoms with van der Waals surface area (Å²) in [5.74, 6) is -0.143. The number of anilines is 2. The van der Waals surface area contributed by atoms with Crippen molar-refractivity contribution >= 4 is 51.6 Å². The minimum atomic E-state index is -0.546. The lowest BCUT2D eigenvalue weighted by molar-refractivity contribution is 0.102. The third-order valence-corrected chi connectivity index (χ3v) is 12.8. The molecule has 4 nitrogen and oxygen atoms in total. The van der Waals surface area contributed by atoms with Crippen LogP contribution in [-0.2, 0) is 5.41 Å². The molecule has 0 N–H and O–H groups in total. The quantitative estimate of drug-likeness (QED) is 0.0927. The molecule has 0 aliphatic heterocycles. The summed E-state index contributed by atoms with van der Waals surface area (Å²) in [6, 6.07) is 43.0. The molecule has 1 atom stereocenters. The van der Waals surface area contributed by atoms with E-state index in [2.05, 4.69) is 128 Å². The predicted molar refractivity (Wildman–Crippen MR) is 230 cm³/mol. The summed E-state index contributed by atoms with van der Waals surface area (Å²) < 4.78 is 0. The van der Waals surface area contributed by atoms with Gasteiger partial charge in [-0.05, 0) is 131 Å². The third kappa shape index (κ3) is 5.15. The van der Waals surface area contributed by atoms with Crippen molar-refractivity contribution in [1.29, 1.82) is 0 Å². The lowest BCUT2D eigenvalue weighted by atomic mass is 9.71. The summed E-state index contributed by atoms with van der Waals surface area (Å²) in [5.41, 5.74) is 13.9. The number of benzene rings is 5. The Morgan fingerprint density at radius 1 is 0.732 bits per heavy atom. The van der Waals surface area contributed by atoms with Crippen LogP contribution in [0.25, 0.3) is 38.4 Å². The number of rotatable bonds is 7. The number of hydrogen-bond donors (Lipinski definition) is 0. The van der Waals surface area contributed by atoms with Gasteiger partial charge in [0.25, 0.3) is 0 Å². The van der Waals surface area contributed by atoms with Gasteiger partial charge in [0.15, 0.2) is 12.1 Å². The average molecular weight is 743 g/mol. The van der Waals surface area contributed by atoms with Crippen molar-refractivity contribution in [2.45, 2.75) is 38.6 Å². The van der Waals surface area contributed by atoms with Gasteiger partial charge < -0.3 is 4.90 Å². The first kappa shape index (κ1) is 34.1. The first-order chi connectivity index (χ1) is 27.3. The molecule has 0 amide bonds. The maximum Gasteiger partial charge on any atom is 0.189 e. The van der Waals surface area contributed by atoms with Gasteiger partial charge >= 0.3 is 0 Å². The maximum atomic E-state index is 14.1. The van der Waals surface area contributed by atoms with Crippen LogP contribution in [-0.4, -0.2) is 23.1 Å². The van der Waals surface area contributed by atoms with Crippen molar-refractivity contribution < 1.29 is 9.59 Å². The van der Waals surface area contributed by atoms with Crippen LogP contribution in [0.3, 0.4) is 0 Å². The van der Waals surface area contributed by atoms with Crippen LogP contribution in [0.15, 0.2) is 151 Å². The van der Waals surface area contributed by atoms with E-state index in [0.717, 1.165) is 51.1 Å². The minimum absolute atomic E-state index is 0.143. The molecule has 5 heteroatoms. The summed E-state index contributed by atoms with van der Waals surface area (Å²) in [5, 5.41) is 1.87. The molecule has 7 aromatic rings. The van der Waals surface area contributed by atoms with Crippen LogP contribution in [0.2, 0.25) is 0 Å². The van der Waals surface area contributed by atoms with Crippen LogP contribution >= 0.6 is 11.3 Å². The second-order valence-electron chi connectivity index (χ2n) is 15.1. The van der Waals surface area contributed by atoms with Gasteiger partial charge in [-0.2, -0.15) is 0 Å². The Bertz CT molecular complexity index is 2820. The number of pyridine rings is 1. The number of aryl methyl sites for hydroxylation is 2. The molecule has 270 valence electrons. The number of hydrogen-bond acceptors (Lipinski definition) is 5. The van der Waals surface area contributed by atoms with Gasteiger partial charge in [0, 0.05) is 43.6 Å². The number of fused-ring (bicyclic) bond motifs is 11. The predicted octanol–water partition coefficient (Wildman–Crippen LogP) is 12.4. The number of thiophene rings is 1. The molecule has 1 spiro atoms. The molecule has 2 heterocycles. The number of nitrogens with zero attached hydrogens (tertiary/aromatic N) is 2. The van der Waals surface area contributed by atoms with Crippen LogP contribution < -0.4 is 4.90 Å². The van der Waals surface area contributed by atoms with E-state index in [1.807, 2.05) is 49.4 Å². The standard InChI is InChI=1S/C51H38N2O2S/c1-31(49(55)44-27-35-14-8-7-13-34(35)26-36(44)30-54)23-40-29-48-50(56-40)43-22-21-38(53(37-15-5-4-6-16-37)39-24-32(2)52-33(3)25-39)28-47(43)51(48)45-19-11-9-17-41(45)42-18-10-12-20-46(42)51/h4-15,17-30,37H,16H2,1-3H3/b31-23-. The van der Waals surface area contributed by atoms with Crippen molar-refractivity contribution in [2.75, 3.05) is 4.90 Å². The average Bonchev–Trinajstić information content (AvgIpc) is 3.85. The molecular formula is C51H38N2O2S. The molecule has 56 heavy (non-hydrogen) atoms. The summed E-state index contributed by atoms with van der Waals surface area (Å²) >= 11 is 1.73. The molecule has 0 bridgehead atoms. The van der Waals surface area contributed by atoms with E-state index >= 15 is 0 Å². The van der Waals surface area contributed by atoms with Crippen molar-refractivity contribution in [3.05, 3.63) is 201 Å². The Labute approximate surface area is 330 Å². The summed E-state index contributed by atoms with van der Waals surface area (Å²) in [6.07, 6.45) is 12.5. The van der Waals surface area contributed by atoms with E-state index in [-0.39, 0.29) is 11.8 Å². The van der Waals surface area contributed by atoms with Crippen LogP contribution in [0.4, 0.5) is 11.4 Å². The fourth-order valence-corrected chi connectivity index (χ4v) is 10.7. The lowest BCUT2D eigenvalue weighted by Crippen LogP contribution is -2.31. The summed E-state index contributed by atoms with van der Waals surface area (Å²) in [6.45, 7) is 5.99. The molecule has 0 saturated heterocycles. The number of ketones is 1. The van der Waals surface area contributed by atoms with E-state index < -0.39 is 5.41 Å². The van der Waals surface area contributed by atoms with Crippen LogP contribution in [0, 0.1) is 13.8 Å². The second-order valence-corrected chi connectivity index (χ2v) is 16.2. The fourth-order valence-electron chi connectivity index (χ4n) is 9.40. The SMILES string of the molecule is C/C(=C/c1cc2c(s1)-c1ccc(N(c3cc(C)nc(C)c3)C3C=CC=CC3)cc1C21c2ccccc2-c2ccccc21)C(=O)c1cc2ccccc2cc1C=O. The lowest BCUT2D eigenvalue weighted by Gasteiger charge is -2.35. The smallest absolute Gasteiger partial charge is 0.189 e. The highest BCUT2D eigenvalue weighted by molar-refractivity contribution is 7.16. The molecule has 10 rings (SSSR count). The Kier molecular flexibility index (Phi) is 7.98. The van der Waals surface area contributed by atoms with Crippen molar-refractivity contribution in [1.82, 2.24) is 4.98 Å². The monoisotopic (exact) mass is 742 g/mol. The molecular weight excluding hydrogens is 705 g/mol. The molecule has 3 aliphatic rings. The van der Waals surface area contributed by atoms with Crippen LogP contribution in [0.1, 0.15) is 72.6 Å². The number of Topliss-reactive ketones (excluding diaryl/α,β-unsaturated/α-hetero) is 1. The van der Waals surface area contributed by atoms with Gasteiger partial charge in [-0.1, -0.05) is 103 Å². The van der Waals surface area contributed by atoms with Crippen molar-refractivity contribution in [2.24, 2.45) is 0 Å². The zero-order valence-corrected chi connectivity index (χ0v) is 32.2. The largest absolute Gasteiger partial charge is 0.334 e. The number of carbonyl (C=O) groups excluding carboxylic acids is 2. The van der Waals surface area contributed by atoms with Crippen molar-refractivity contribution in [3.8, 4) is 21.6 Å². The van der Waals surface area contributed by atoms with Gasteiger partial charge in [-0.3, -0.25) is 14.6 Å². The number of aldehydes is 1. The maximum absolute atomic E-state index is 14.1. The molecule has 0 saturated carbocycles. The number of carbonyl (C=O) groups is 2. The van der Waals surface area contributed by atoms with Gasteiger partial charge in [-0.15, -0.1) is 11.3 Å². The minimum Gasteiger partial charge on any atom is -0.334 e. The first-order valence-corrected chi connectivity index (χ1v) is 19.9. The van der Waals surface area contributed by atoms with E-state index in [1.54, 1.807) is 11.3 Å². The van der Waals surface area contributed by atoms with Gasteiger partial charge in [-0.25, -0.2) is 0 Å². The topological polar surface area (TPSA) is 50.3 Å². The molecule has 2 aromatic heterocycles. The van der Waals surface area contributed by atoms with E-state index in [0.29, 0.717) is 16.7 Å². The third-order valence-electron chi connectivity index (χ3n) is 11.7. The first-order valence-electron chi connectivity index (χ1n) is 19.1. The number of aromatic nitrogens is 1. The highest BCUT2D eigenvalue weighted by atomic mass is 32.1. The fraction of sp³-hybridized carbons (Fsp3) is 0.118. The Morgan fingerprint density at radius 2 is 1.41 bits per heavy atom. The Balaban J connectivity index is 1.16. The number of allylic oxidation sites excluding steroid dienone is 3. The highest BCUT2D eigenvalue weighted by Gasteiger charge is 2.52. The van der Waals surface area contributed by atoms with Gasteiger partial charge in [0.2, 0.25) is 0 Å². The Hall–Kier alpha value is -6.43. The van der Waals surface area contributed by atoms with Gasteiger partial charge in [0.05, 0.1) is 11.5 Å². The normalized spacial score (nSPS) is 15.8. The molecule has 5 aromatic carbocycles. The van der Waals surface area contributed by atoms with Crippen LogP contribution in [0.5, 0.6) is 0 Å². The molecule has 1 unspecified atom stereocenters. The zero-order valence-electron chi connectivity index (χ0n) is 31.4. The summed E-state index contributed by atoms with van der Waals surface area (Å²) in [7, 11) is 0. The van der Waals surface area contributed by atoms with Gasteiger partial charge in [0.1, 0.15) is 0 Å². The van der Waals surface area contributed by atoms with Crippen molar-refractivity contribution in [3.63, 3.8) is 0 Å². The summed E-state index contributed by atoms with van der Waals surface area (Å²) in [4.78, 5) is 35.7. The highest BCUT2D eigenvalue weighted by Crippen LogP contribution is 2.65. The van der Waals surface area contributed by atoms with E-state index in [1.165, 1.54) is 43.8 Å². The molecule has 0 radical (unpaired) electrons. The zero-order chi connectivity index (χ0) is 38.1. The second kappa shape index (κ2) is 13.1. The molecule has 0 fully saturated rings. The Morgan fingerprint density at radius 3 is 2.09 bits per heavy atom. The van der Waals surface area contributed by atoms with E-state index in [4.69, 9.17) is 4.98 Å². The molecule has 3 aliphatic carbocycles. The van der Waals surface area contributed by atoms with E-state index in [9.17, 15) is 9.59 Å².